The summed E-state index contributed by atoms with van der Waals surface area (Å²) >= 11 is 0. The number of carbonyl (C=O) groups excluding carboxylic acids is 2. The molecule has 0 bridgehead atoms. The van der Waals surface area contributed by atoms with Crippen molar-refractivity contribution < 1.29 is 22.7 Å². The number of nitrogens with one attached hydrogen (secondary N) is 1. The first-order chi connectivity index (χ1) is 12.4. The molecule has 0 heterocycles. The van der Waals surface area contributed by atoms with Crippen LogP contribution in [0.3, 0.4) is 0 Å². The Bertz CT molecular complexity index is 920. The molecule has 136 valence electrons. The zero-order valence-corrected chi connectivity index (χ0v) is 15.0. The third kappa shape index (κ3) is 4.29. The van der Waals surface area contributed by atoms with Crippen molar-refractivity contribution in [3.8, 4) is 0 Å². The van der Waals surface area contributed by atoms with Crippen molar-refractivity contribution in [2.24, 2.45) is 0 Å². The van der Waals surface area contributed by atoms with Gasteiger partial charge in [0.05, 0.1) is 10.5 Å². The van der Waals surface area contributed by atoms with E-state index < -0.39 is 27.8 Å². The standard InChI is InChI=1S/C19H19NO5S/c1-26(23,24)16-10-6-5-9-15(16)19(22)25-17(13-7-3-2-4-8-13)18(21)20-14-11-12-14/h2-10,14,17H,11-12H2,1H3,(H,20,21). The summed E-state index contributed by atoms with van der Waals surface area (Å²) in [6.45, 7) is 0. The highest BCUT2D eigenvalue weighted by Gasteiger charge is 2.32. The molecule has 1 aliphatic carbocycles. The number of benzene rings is 2. The number of hydrogen-bond acceptors (Lipinski definition) is 5. The van der Waals surface area contributed by atoms with Gasteiger partial charge in [-0.3, -0.25) is 4.79 Å². The highest BCUT2D eigenvalue weighted by atomic mass is 32.2. The van der Waals surface area contributed by atoms with E-state index in [1.54, 1.807) is 36.4 Å². The van der Waals surface area contributed by atoms with E-state index in [1.165, 1.54) is 18.2 Å². The molecule has 7 heteroatoms. The Hall–Kier alpha value is -2.67. The number of carbonyl (C=O) groups is 2. The first kappa shape index (κ1) is 18.1. The molecule has 0 radical (unpaired) electrons. The predicted octanol–water partition coefficient (Wildman–Crippen LogP) is 2.27. The summed E-state index contributed by atoms with van der Waals surface area (Å²) < 4.78 is 29.3. The summed E-state index contributed by atoms with van der Waals surface area (Å²) in [5.41, 5.74) is 0.436. The normalized spacial score (nSPS) is 15.1. The van der Waals surface area contributed by atoms with Gasteiger partial charge in [-0.15, -0.1) is 0 Å². The van der Waals surface area contributed by atoms with Gasteiger partial charge in [-0.2, -0.15) is 0 Å². The highest BCUT2D eigenvalue weighted by molar-refractivity contribution is 7.90. The molecule has 1 amide bonds. The second-order valence-electron chi connectivity index (χ2n) is 6.25. The predicted molar refractivity (Wildman–Crippen MR) is 95.3 cm³/mol. The van der Waals surface area contributed by atoms with Crippen LogP contribution in [0, 0.1) is 0 Å². The second kappa shape index (κ2) is 7.29. The van der Waals surface area contributed by atoms with Gasteiger partial charge in [0.2, 0.25) is 6.10 Å². The fourth-order valence-corrected chi connectivity index (χ4v) is 3.41. The molecular weight excluding hydrogens is 354 g/mol. The molecule has 1 N–H and O–H groups in total. The van der Waals surface area contributed by atoms with Crippen LogP contribution in [0.25, 0.3) is 0 Å². The smallest absolute Gasteiger partial charge is 0.340 e. The number of ether oxygens (including phenoxy) is 1. The maximum atomic E-state index is 12.6. The van der Waals surface area contributed by atoms with E-state index in [2.05, 4.69) is 5.32 Å². The Balaban J connectivity index is 1.89. The fourth-order valence-electron chi connectivity index (χ4n) is 2.53. The Morgan fingerprint density at radius 2 is 1.65 bits per heavy atom. The van der Waals surface area contributed by atoms with E-state index in [1.807, 2.05) is 0 Å². The summed E-state index contributed by atoms with van der Waals surface area (Å²) in [5.74, 6) is -1.27. The molecule has 26 heavy (non-hydrogen) atoms. The van der Waals surface area contributed by atoms with Gasteiger partial charge in [-0.1, -0.05) is 42.5 Å². The molecule has 1 fully saturated rings. The van der Waals surface area contributed by atoms with Crippen LogP contribution in [0.2, 0.25) is 0 Å². The third-order valence-electron chi connectivity index (χ3n) is 4.00. The van der Waals surface area contributed by atoms with Gasteiger partial charge in [0.25, 0.3) is 5.91 Å². The Morgan fingerprint density at radius 1 is 1.04 bits per heavy atom. The fraction of sp³-hybridized carbons (Fsp3) is 0.263. The number of esters is 1. The SMILES string of the molecule is CS(=O)(=O)c1ccccc1C(=O)OC(C(=O)NC1CC1)c1ccccc1. The van der Waals surface area contributed by atoms with Gasteiger partial charge in [-0.25, -0.2) is 13.2 Å². The van der Waals surface area contributed by atoms with Gasteiger partial charge < -0.3 is 10.1 Å². The van der Waals surface area contributed by atoms with Crippen molar-refractivity contribution in [2.45, 2.75) is 29.9 Å². The Kier molecular flexibility index (Phi) is 5.08. The average molecular weight is 373 g/mol. The van der Waals surface area contributed by atoms with Crippen molar-refractivity contribution in [2.75, 3.05) is 6.26 Å². The first-order valence-corrected chi connectivity index (χ1v) is 10.1. The molecule has 1 aliphatic rings. The Labute approximate surface area is 152 Å². The van der Waals surface area contributed by atoms with E-state index in [4.69, 9.17) is 4.74 Å². The summed E-state index contributed by atoms with van der Waals surface area (Å²) in [6, 6.07) is 14.5. The molecule has 0 aromatic heterocycles. The monoisotopic (exact) mass is 373 g/mol. The van der Waals surface area contributed by atoms with Crippen LogP contribution < -0.4 is 5.32 Å². The van der Waals surface area contributed by atoms with Gasteiger partial charge >= 0.3 is 5.97 Å². The average Bonchev–Trinajstić information content (AvgIpc) is 3.43. The van der Waals surface area contributed by atoms with Crippen LogP contribution in [0.4, 0.5) is 0 Å². The maximum absolute atomic E-state index is 12.6. The molecule has 0 aliphatic heterocycles. The lowest BCUT2D eigenvalue weighted by Crippen LogP contribution is -2.33. The topological polar surface area (TPSA) is 89.5 Å². The molecule has 1 unspecified atom stereocenters. The number of rotatable bonds is 6. The summed E-state index contributed by atoms with van der Waals surface area (Å²) in [5, 5.41) is 2.82. The van der Waals surface area contributed by atoms with Crippen molar-refractivity contribution in [1.82, 2.24) is 5.32 Å². The first-order valence-electron chi connectivity index (χ1n) is 8.21. The molecule has 2 aromatic carbocycles. The van der Waals surface area contributed by atoms with Crippen molar-refractivity contribution in [3.05, 3.63) is 65.7 Å². The number of hydrogen-bond donors (Lipinski definition) is 1. The minimum atomic E-state index is -3.61. The van der Waals surface area contributed by atoms with Crippen LogP contribution in [-0.2, 0) is 19.4 Å². The van der Waals surface area contributed by atoms with Gasteiger partial charge in [0, 0.05) is 17.9 Å². The van der Waals surface area contributed by atoms with Crippen molar-refractivity contribution in [1.29, 1.82) is 0 Å². The van der Waals surface area contributed by atoms with Crippen LogP contribution in [0.15, 0.2) is 59.5 Å². The van der Waals surface area contributed by atoms with Crippen molar-refractivity contribution >= 4 is 21.7 Å². The van der Waals surface area contributed by atoms with E-state index in [0.29, 0.717) is 5.56 Å². The maximum Gasteiger partial charge on any atom is 0.340 e. The molecule has 0 spiro atoms. The van der Waals surface area contributed by atoms with Crippen molar-refractivity contribution in [3.63, 3.8) is 0 Å². The van der Waals surface area contributed by atoms with Gasteiger partial charge in [-0.05, 0) is 25.0 Å². The largest absolute Gasteiger partial charge is 0.444 e. The van der Waals surface area contributed by atoms with Gasteiger partial charge in [0.1, 0.15) is 0 Å². The molecule has 3 rings (SSSR count). The molecule has 1 saturated carbocycles. The highest BCUT2D eigenvalue weighted by Crippen LogP contribution is 2.25. The van der Waals surface area contributed by atoms with E-state index in [0.717, 1.165) is 19.1 Å². The van der Waals surface area contributed by atoms with Crippen LogP contribution in [0.5, 0.6) is 0 Å². The third-order valence-corrected chi connectivity index (χ3v) is 5.15. The lowest BCUT2D eigenvalue weighted by molar-refractivity contribution is -0.130. The van der Waals surface area contributed by atoms with E-state index >= 15 is 0 Å². The number of sulfone groups is 1. The second-order valence-corrected chi connectivity index (χ2v) is 8.23. The zero-order valence-electron chi connectivity index (χ0n) is 14.2. The van der Waals surface area contributed by atoms with Gasteiger partial charge in [0.15, 0.2) is 9.84 Å². The molecule has 6 nitrogen and oxygen atoms in total. The van der Waals surface area contributed by atoms with Crippen LogP contribution in [0.1, 0.15) is 34.9 Å². The summed E-state index contributed by atoms with van der Waals surface area (Å²) in [6.07, 6.45) is 1.68. The molecule has 2 aromatic rings. The minimum Gasteiger partial charge on any atom is -0.444 e. The molecule has 0 saturated heterocycles. The lowest BCUT2D eigenvalue weighted by atomic mass is 10.1. The van der Waals surface area contributed by atoms with Crippen LogP contribution in [-0.4, -0.2) is 32.6 Å². The zero-order chi connectivity index (χ0) is 18.7. The van der Waals surface area contributed by atoms with E-state index in [-0.39, 0.29) is 16.5 Å². The molecule has 1 atom stereocenters. The quantitative estimate of drug-likeness (QED) is 0.785. The summed E-state index contributed by atoms with van der Waals surface area (Å²) in [4.78, 5) is 25.0. The Morgan fingerprint density at radius 3 is 2.27 bits per heavy atom. The van der Waals surface area contributed by atoms with Crippen LogP contribution >= 0.6 is 0 Å². The minimum absolute atomic E-state index is 0.0878. The lowest BCUT2D eigenvalue weighted by Gasteiger charge is -2.18. The molecular formula is C19H19NO5S. The number of amides is 1. The summed E-state index contributed by atoms with van der Waals surface area (Å²) in [7, 11) is -3.61. The van der Waals surface area contributed by atoms with E-state index in [9.17, 15) is 18.0 Å².